The highest BCUT2D eigenvalue weighted by atomic mass is 16.4. The molecule has 0 saturated carbocycles. The largest absolute Gasteiger partial charge is 0.480 e. The maximum Gasteiger partial charge on any atom is 0.317 e. The van der Waals surface area contributed by atoms with Crippen LogP contribution in [-0.4, -0.2) is 52.5 Å². The van der Waals surface area contributed by atoms with Crippen LogP contribution < -0.4 is 16.4 Å². The Morgan fingerprint density at radius 2 is 2.09 bits per heavy atom. The first-order chi connectivity index (χ1) is 15.5. The lowest BCUT2D eigenvalue weighted by atomic mass is 10.1. The van der Waals surface area contributed by atoms with Crippen LogP contribution in [0.25, 0.3) is 11.0 Å². The number of likely N-dealkylation sites (tertiary alicyclic amines) is 1. The fraction of sp³-hybridized carbons (Fsp3) is 0.348. The summed E-state index contributed by atoms with van der Waals surface area (Å²) in [5.41, 5.74) is 7.51. The number of carboxylic acid groups (broad SMARTS) is 1. The normalized spacial score (nSPS) is 17.4. The lowest BCUT2D eigenvalue weighted by Gasteiger charge is -2.29. The molecule has 2 aromatic heterocycles. The van der Waals surface area contributed by atoms with Crippen molar-refractivity contribution in [2.75, 3.05) is 25.4 Å². The van der Waals surface area contributed by atoms with E-state index in [1.807, 2.05) is 30.3 Å². The summed E-state index contributed by atoms with van der Waals surface area (Å²) in [4.78, 5) is 30.2. The predicted molar refractivity (Wildman–Crippen MR) is 120 cm³/mol. The van der Waals surface area contributed by atoms with Crippen LogP contribution in [0, 0.1) is 0 Å². The van der Waals surface area contributed by atoms with E-state index >= 15 is 0 Å². The van der Waals surface area contributed by atoms with Gasteiger partial charge in [-0.3, -0.25) is 19.8 Å². The third-order valence-corrected chi connectivity index (χ3v) is 5.75. The van der Waals surface area contributed by atoms with E-state index in [9.17, 15) is 9.59 Å². The Labute approximate surface area is 185 Å². The summed E-state index contributed by atoms with van der Waals surface area (Å²) in [5, 5.41) is 15.9. The standard InChI is InChI=1S/C23H27N5O4/c24-22-17-11-16(32-20(17)8-9-25-22)12-27-23(31)19-7-4-10-28(19)14-18(26-13-21(29)30)15-5-2-1-3-6-15/h1-3,5-6,8-9,11,18-19,26H,4,7,10,12-14H2,(H2,24,25)(H,27,31)(H,29,30)/t18-,19-/m0/s1. The van der Waals surface area contributed by atoms with E-state index in [4.69, 9.17) is 15.3 Å². The molecule has 2 atom stereocenters. The summed E-state index contributed by atoms with van der Waals surface area (Å²) in [6.07, 6.45) is 3.25. The molecule has 1 fully saturated rings. The Morgan fingerprint density at radius 1 is 1.28 bits per heavy atom. The van der Waals surface area contributed by atoms with Gasteiger partial charge in [-0.15, -0.1) is 0 Å². The first kappa shape index (κ1) is 21.8. The maximum absolute atomic E-state index is 12.9. The van der Waals surface area contributed by atoms with Gasteiger partial charge in [0.2, 0.25) is 5.91 Å². The highest BCUT2D eigenvalue weighted by molar-refractivity contribution is 5.87. The molecule has 4 rings (SSSR count). The molecule has 5 N–H and O–H groups in total. The number of carbonyl (C=O) groups is 2. The van der Waals surface area contributed by atoms with Gasteiger partial charge in [-0.25, -0.2) is 4.98 Å². The number of nitrogen functional groups attached to an aromatic ring is 1. The Kier molecular flexibility index (Phi) is 6.67. The molecule has 1 amide bonds. The fourth-order valence-electron chi connectivity index (χ4n) is 4.18. The fourth-order valence-corrected chi connectivity index (χ4v) is 4.18. The minimum Gasteiger partial charge on any atom is -0.480 e. The molecular formula is C23H27N5O4. The van der Waals surface area contributed by atoms with Crippen molar-refractivity contribution in [1.82, 2.24) is 20.5 Å². The average Bonchev–Trinajstić information content (AvgIpc) is 3.43. The SMILES string of the molecule is Nc1nccc2oc(CNC(=O)[C@@H]3CCCN3C[C@H](NCC(=O)O)c3ccccc3)cc12. The molecule has 0 aliphatic carbocycles. The van der Waals surface area contributed by atoms with Crippen molar-refractivity contribution in [3.8, 4) is 0 Å². The van der Waals surface area contributed by atoms with Crippen molar-refractivity contribution in [2.45, 2.75) is 31.5 Å². The maximum atomic E-state index is 12.9. The molecule has 1 aromatic carbocycles. The number of carbonyl (C=O) groups excluding carboxylic acids is 1. The quantitative estimate of drug-likeness (QED) is 0.399. The van der Waals surface area contributed by atoms with Gasteiger partial charge in [-0.2, -0.15) is 0 Å². The number of furan rings is 1. The molecule has 1 aliphatic heterocycles. The summed E-state index contributed by atoms with van der Waals surface area (Å²) in [7, 11) is 0. The molecule has 1 aliphatic rings. The molecule has 32 heavy (non-hydrogen) atoms. The summed E-state index contributed by atoms with van der Waals surface area (Å²) in [6, 6.07) is 12.8. The van der Waals surface area contributed by atoms with E-state index in [1.54, 1.807) is 18.3 Å². The number of hydrogen-bond acceptors (Lipinski definition) is 7. The molecular weight excluding hydrogens is 410 g/mol. The predicted octanol–water partition coefficient (Wildman–Crippen LogP) is 1.91. The first-order valence-electron chi connectivity index (χ1n) is 10.7. The van der Waals surface area contributed by atoms with Crippen LogP contribution in [0.5, 0.6) is 0 Å². The number of amides is 1. The van der Waals surface area contributed by atoms with Gasteiger partial charge in [0.1, 0.15) is 17.2 Å². The lowest BCUT2D eigenvalue weighted by molar-refractivity contribution is -0.136. The number of carboxylic acids is 1. The summed E-state index contributed by atoms with van der Waals surface area (Å²) in [6.45, 7) is 1.44. The Hall–Kier alpha value is -3.43. The van der Waals surface area contributed by atoms with E-state index in [2.05, 4.69) is 20.5 Å². The monoisotopic (exact) mass is 437 g/mol. The number of aromatic nitrogens is 1. The zero-order valence-corrected chi connectivity index (χ0v) is 17.7. The molecule has 9 nitrogen and oxygen atoms in total. The number of rotatable bonds is 9. The molecule has 0 bridgehead atoms. The summed E-state index contributed by atoms with van der Waals surface area (Å²) < 4.78 is 5.75. The molecule has 3 heterocycles. The zero-order chi connectivity index (χ0) is 22.5. The number of fused-ring (bicyclic) bond motifs is 1. The number of nitrogens with one attached hydrogen (secondary N) is 2. The number of nitrogens with zero attached hydrogens (tertiary/aromatic N) is 2. The number of hydrogen-bond donors (Lipinski definition) is 4. The highest BCUT2D eigenvalue weighted by Gasteiger charge is 2.32. The van der Waals surface area contributed by atoms with Gasteiger partial charge >= 0.3 is 5.97 Å². The van der Waals surface area contributed by atoms with Crippen LogP contribution >= 0.6 is 0 Å². The molecule has 0 spiro atoms. The first-order valence-corrected chi connectivity index (χ1v) is 10.7. The van der Waals surface area contributed by atoms with Gasteiger partial charge in [0.05, 0.1) is 24.5 Å². The zero-order valence-electron chi connectivity index (χ0n) is 17.7. The highest BCUT2D eigenvalue weighted by Crippen LogP contribution is 2.24. The Morgan fingerprint density at radius 3 is 2.84 bits per heavy atom. The molecule has 0 unspecified atom stereocenters. The number of anilines is 1. The van der Waals surface area contributed by atoms with Crippen molar-refractivity contribution >= 4 is 28.7 Å². The molecule has 9 heteroatoms. The number of aliphatic carboxylic acids is 1. The topological polar surface area (TPSA) is 134 Å². The van der Waals surface area contributed by atoms with Crippen molar-refractivity contribution < 1.29 is 19.1 Å². The molecule has 168 valence electrons. The molecule has 1 saturated heterocycles. The van der Waals surface area contributed by atoms with E-state index in [-0.39, 0.29) is 31.1 Å². The van der Waals surface area contributed by atoms with Crippen LogP contribution in [0.1, 0.15) is 30.2 Å². The van der Waals surface area contributed by atoms with Gasteiger partial charge in [-0.1, -0.05) is 30.3 Å². The Balaban J connectivity index is 1.40. The number of benzene rings is 1. The second kappa shape index (κ2) is 9.80. The van der Waals surface area contributed by atoms with E-state index in [0.717, 1.165) is 30.3 Å². The average molecular weight is 438 g/mol. The van der Waals surface area contributed by atoms with E-state index in [1.165, 1.54) is 0 Å². The second-order valence-electron chi connectivity index (χ2n) is 7.93. The lowest BCUT2D eigenvalue weighted by Crippen LogP contribution is -2.46. The van der Waals surface area contributed by atoms with Gasteiger partial charge in [-0.05, 0) is 37.1 Å². The Bertz CT molecular complexity index is 1080. The van der Waals surface area contributed by atoms with Gasteiger partial charge in [0, 0.05) is 18.8 Å². The van der Waals surface area contributed by atoms with Crippen molar-refractivity contribution in [3.05, 3.63) is 60.0 Å². The van der Waals surface area contributed by atoms with Crippen LogP contribution in [-0.2, 0) is 16.1 Å². The van der Waals surface area contributed by atoms with Gasteiger partial charge < -0.3 is 20.6 Å². The molecule has 3 aromatic rings. The second-order valence-corrected chi connectivity index (χ2v) is 7.93. The van der Waals surface area contributed by atoms with Crippen LogP contribution in [0.4, 0.5) is 5.82 Å². The van der Waals surface area contributed by atoms with Crippen molar-refractivity contribution in [1.29, 1.82) is 0 Å². The van der Waals surface area contributed by atoms with Crippen LogP contribution in [0.3, 0.4) is 0 Å². The van der Waals surface area contributed by atoms with Gasteiger partial charge in [0.25, 0.3) is 0 Å². The van der Waals surface area contributed by atoms with Gasteiger partial charge in [0.15, 0.2) is 0 Å². The third-order valence-electron chi connectivity index (χ3n) is 5.75. The van der Waals surface area contributed by atoms with Crippen molar-refractivity contribution in [2.24, 2.45) is 0 Å². The van der Waals surface area contributed by atoms with Crippen LogP contribution in [0.2, 0.25) is 0 Å². The smallest absolute Gasteiger partial charge is 0.317 e. The minimum absolute atomic E-state index is 0.0703. The summed E-state index contributed by atoms with van der Waals surface area (Å²) in [5.74, 6) is 0.0249. The third kappa shape index (κ3) is 5.06. The summed E-state index contributed by atoms with van der Waals surface area (Å²) >= 11 is 0. The minimum atomic E-state index is -0.914. The number of pyridine rings is 1. The molecule has 0 radical (unpaired) electrons. The van der Waals surface area contributed by atoms with Crippen LogP contribution in [0.15, 0.2) is 53.1 Å². The van der Waals surface area contributed by atoms with E-state index < -0.39 is 5.97 Å². The number of nitrogens with two attached hydrogens (primary N) is 1. The van der Waals surface area contributed by atoms with E-state index in [0.29, 0.717) is 23.7 Å². The van der Waals surface area contributed by atoms with Crippen molar-refractivity contribution in [3.63, 3.8) is 0 Å².